The van der Waals surface area contributed by atoms with Crippen LogP contribution in [0.2, 0.25) is 0 Å². The van der Waals surface area contributed by atoms with E-state index in [2.05, 4.69) is 13.8 Å². The maximum Gasteiger partial charge on any atom is 0.0433 e. The highest BCUT2D eigenvalue weighted by molar-refractivity contribution is 4.54. The van der Waals surface area contributed by atoms with Gasteiger partial charge in [0.05, 0.1) is 0 Å². The van der Waals surface area contributed by atoms with Crippen LogP contribution in [0, 0.1) is 5.92 Å². The van der Waals surface area contributed by atoms with Gasteiger partial charge in [0.25, 0.3) is 0 Å². The third-order valence-corrected chi connectivity index (χ3v) is 1.81. The molecule has 0 rings (SSSR count). The van der Waals surface area contributed by atoms with E-state index in [9.17, 15) is 0 Å². The second-order valence-electron chi connectivity index (χ2n) is 2.58. The summed E-state index contributed by atoms with van der Waals surface area (Å²) in [5, 5.41) is 8.59. The van der Waals surface area contributed by atoms with Crippen LogP contribution in [0.25, 0.3) is 0 Å². The second-order valence-corrected chi connectivity index (χ2v) is 2.58. The van der Waals surface area contributed by atoms with E-state index in [0.29, 0.717) is 6.61 Å². The molecule has 1 N–H and O–H groups in total. The van der Waals surface area contributed by atoms with Gasteiger partial charge in [0.1, 0.15) is 0 Å². The Morgan fingerprint density at radius 2 is 1.89 bits per heavy atom. The van der Waals surface area contributed by atoms with E-state index in [1.165, 1.54) is 19.3 Å². The van der Waals surface area contributed by atoms with Gasteiger partial charge in [-0.25, -0.2) is 0 Å². The van der Waals surface area contributed by atoms with Crippen LogP contribution >= 0.6 is 0 Å². The van der Waals surface area contributed by atoms with Crippen LogP contribution in [-0.2, 0) is 0 Å². The molecule has 1 unspecified atom stereocenters. The Hall–Kier alpha value is -0.0400. The van der Waals surface area contributed by atoms with E-state index in [-0.39, 0.29) is 0 Å². The summed E-state index contributed by atoms with van der Waals surface area (Å²) in [5.74, 6) is 0.764. The summed E-state index contributed by atoms with van der Waals surface area (Å²) < 4.78 is 0. The molecule has 0 amide bonds. The molecule has 9 heavy (non-hydrogen) atoms. The molecule has 0 saturated heterocycles. The zero-order chi connectivity index (χ0) is 7.11. The van der Waals surface area contributed by atoms with Crippen molar-refractivity contribution in [2.24, 2.45) is 5.92 Å². The van der Waals surface area contributed by atoms with Crippen molar-refractivity contribution in [2.75, 3.05) is 6.61 Å². The summed E-state index contributed by atoms with van der Waals surface area (Å²) in [6.07, 6.45) is 4.73. The number of rotatable bonds is 5. The standard InChI is InChI=1S/C8H18O/c1-3-5-8(4-2)6-7-9/h8-9H,3-7H2,1-2H3. The van der Waals surface area contributed by atoms with E-state index in [1.807, 2.05) is 0 Å². The lowest BCUT2D eigenvalue weighted by Gasteiger charge is -2.10. The molecule has 0 radical (unpaired) electrons. The minimum atomic E-state index is 0.360. The van der Waals surface area contributed by atoms with Gasteiger partial charge < -0.3 is 5.11 Å². The molecule has 0 aliphatic rings. The van der Waals surface area contributed by atoms with Crippen LogP contribution in [0.4, 0.5) is 0 Å². The highest BCUT2D eigenvalue weighted by Crippen LogP contribution is 2.13. The van der Waals surface area contributed by atoms with Crippen LogP contribution in [0.5, 0.6) is 0 Å². The normalized spacial score (nSPS) is 13.7. The van der Waals surface area contributed by atoms with Crippen molar-refractivity contribution in [3.8, 4) is 0 Å². The predicted molar refractivity (Wildman–Crippen MR) is 40.4 cm³/mol. The Morgan fingerprint density at radius 1 is 1.22 bits per heavy atom. The molecule has 0 aromatic rings. The minimum Gasteiger partial charge on any atom is -0.396 e. The van der Waals surface area contributed by atoms with E-state index in [4.69, 9.17) is 5.11 Å². The zero-order valence-electron chi connectivity index (χ0n) is 6.56. The summed E-state index contributed by atoms with van der Waals surface area (Å²) in [6.45, 7) is 4.74. The number of aliphatic hydroxyl groups is 1. The summed E-state index contributed by atoms with van der Waals surface area (Å²) >= 11 is 0. The molecule has 0 aliphatic heterocycles. The number of aliphatic hydroxyl groups excluding tert-OH is 1. The predicted octanol–water partition coefficient (Wildman–Crippen LogP) is 2.20. The SMILES string of the molecule is CCCC(CC)CCO. The quantitative estimate of drug-likeness (QED) is 0.605. The van der Waals surface area contributed by atoms with Crippen molar-refractivity contribution in [1.82, 2.24) is 0 Å². The van der Waals surface area contributed by atoms with Gasteiger partial charge in [-0.05, 0) is 12.3 Å². The summed E-state index contributed by atoms with van der Waals surface area (Å²) in [5.41, 5.74) is 0. The first-order valence-corrected chi connectivity index (χ1v) is 3.96. The van der Waals surface area contributed by atoms with Gasteiger partial charge >= 0.3 is 0 Å². The molecule has 0 fully saturated rings. The van der Waals surface area contributed by atoms with Crippen LogP contribution in [-0.4, -0.2) is 11.7 Å². The maximum atomic E-state index is 8.59. The molecule has 1 heteroatoms. The fraction of sp³-hybridized carbons (Fsp3) is 1.00. The Labute approximate surface area is 58.1 Å². The van der Waals surface area contributed by atoms with E-state index in [0.717, 1.165) is 12.3 Å². The van der Waals surface area contributed by atoms with Crippen molar-refractivity contribution in [2.45, 2.75) is 39.5 Å². The lowest BCUT2D eigenvalue weighted by molar-refractivity contribution is 0.248. The van der Waals surface area contributed by atoms with Gasteiger partial charge in [0.15, 0.2) is 0 Å². The fourth-order valence-corrected chi connectivity index (χ4v) is 1.14. The van der Waals surface area contributed by atoms with Gasteiger partial charge in [-0.2, -0.15) is 0 Å². The zero-order valence-corrected chi connectivity index (χ0v) is 6.56. The first-order chi connectivity index (χ1) is 4.35. The van der Waals surface area contributed by atoms with Crippen molar-refractivity contribution >= 4 is 0 Å². The molecule has 0 bridgehead atoms. The van der Waals surface area contributed by atoms with E-state index >= 15 is 0 Å². The Morgan fingerprint density at radius 3 is 2.22 bits per heavy atom. The lowest BCUT2D eigenvalue weighted by Crippen LogP contribution is -2.00. The van der Waals surface area contributed by atoms with Crippen LogP contribution in [0.1, 0.15) is 39.5 Å². The van der Waals surface area contributed by atoms with Crippen LogP contribution < -0.4 is 0 Å². The molecule has 0 saturated carbocycles. The summed E-state index contributed by atoms with van der Waals surface area (Å²) in [4.78, 5) is 0. The van der Waals surface area contributed by atoms with Crippen molar-refractivity contribution in [3.05, 3.63) is 0 Å². The molecule has 0 aliphatic carbocycles. The fourth-order valence-electron chi connectivity index (χ4n) is 1.14. The Balaban J connectivity index is 3.18. The monoisotopic (exact) mass is 130 g/mol. The Kier molecular flexibility index (Phi) is 6.06. The molecule has 0 spiro atoms. The van der Waals surface area contributed by atoms with E-state index < -0.39 is 0 Å². The topological polar surface area (TPSA) is 20.2 Å². The molecule has 0 heterocycles. The molecule has 56 valence electrons. The molecule has 1 atom stereocenters. The molecular formula is C8H18O. The third kappa shape index (κ3) is 4.46. The minimum absolute atomic E-state index is 0.360. The molecule has 0 aromatic heterocycles. The molecule has 1 nitrogen and oxygen atoms in total. The second kappa shape index (κ2) is 6.09. The van der Waals surface area contributed by atoms with Crippen LogP contribution in [0.15, 0.2) is 0 Å². The Bertz CT molecular complexity index is 46.5. The lowest BCUT2D eigenvalue weighted by atomic mass is 9.98. The van der Waals surface area contributed by atoms with Gasteiger partial charge in [0.2, 0.25) is 0 Å². The highest BCUT2D eigenvalue weighted by Gasteiger charge is 2.01. The summed E-state index contributed by atoms with van der Waals surface area (Å²) in [7, 11) is 0. The van der Waals surface area contributed by atoms with Crippen molar-refractivity contribution in [1.29, 1.82) is 0 Å². The number of hydrogen-bond donors (Lipinski definition) is 1. The van der Waals surface area contributed by atoms with E-state index in [1.54, 1.807) is 0 Å². The van der Waals surface area contributed by atoms with Crippen molar-refractivity contribution < 1.29 is 5.11 Å². The highest BCUT2D eigenvalue weighted by atomic mass is 16.3. The van der Waals surface area contributed by atoms with Gasteiger partial charge in [-0.1, -0.05) is 33.1 Å². The van der Waals surface area contributed by atoms with Crippen LogP contribution in [0.3, 0.4) is 0 Å². The average molecular weight is 130 g/mol. The van der Waals surface area contributed by atoms with Gasteiger partial charge in [0, 0.05) is 6.61 Å². The number of hydrogen-bond acceptors (Lipinski definition) is 1. The van der Waals surface area contributed by atoms with Gasteiger partial charge in [-0.3, -0.25) is 0 Å². The largest absolute Gasteiger partial charge is 0.396 e. The van der Waals surface area contributed by atoms with Gasteiger partial charge in [-0.15, -0.1) is 0 Å². The molecule has 0 aromatic carbocycles. The third-order valence-electron chi connectivity index (χ3n) is 1.81. The maximum absolute atomic E-state index is 8.59. The van der Waals surface area contributed by atoms with Crippen molar-refractivity contribution in [3.63, 3.8) is 0 Å². The first-order valence-electron chi connectivity index (χ1n) is 3.96. The first kappa shape index (κ1) is 8.96. The average Bonchev–Trinajstić information content (AvgIpc) is 1.88. The smallest absolute Gasteiger partial charge is 0.0433 e. The summed E-state index contributed by atoms with van der Waals surface area (Å²) in [6, 6.07) is 0. The molecular weight excluding hydrogens is 112 g/mol.